The van der Waals surface area contributed by atoms with Crippen LogP contribution in [0.25, 0.3) is 15.3 Å². The first kappa shape index (κ1) is 17.1. The fourth-order valence-electron chi connectivity index (χ4n) is 3.48. The second kappa shape index (κ2) is 6.57. The Morgan fingerprint density at radius 2 is 2.00 bits per heavy atom. The highest BCUT2D eigenvalue weighted by atomic mass is 32.1. The van der Waals surface area contributed by atoms with Gasteiger partial charge in [-0.1, -0.05) is 6.07 Å². The number of nitro benzene ring substituents is 1. The average molecular weight is 413 g/mol. The number of rotatable bonds is 3. The van der Waals surface area contributed by atoms with Crippen molar-refractivity contribution >= 4 is 55.3 Å². The Morgan fingerprint density at radius 1 is 1.18 bits per heavy atom. The van der Waals surface area contributed by atoms with Gasteiger partial charge in [-0.2, -0.15) is 0 Å². The van der Waals surface area contributed by atoms with Gasteiger partial charge in [0.25, 0.3) is 11.6 Å². The summed E-state index contributed by atoms with van der Waals surface area (Å²) in [6, 6.07) is 8.55. The summed E-state index contributed by atoms with van der Waals surface area (Å²) in [4.78, 5) is 34.5. The molecule has 5 rings (SSSR count). The smallest absolute Gasteiger partial charge is 0.271 e. The summed E-state index contributed by atoms with van der Waals surface area (Å²) in [7, 11) is 0. The van der Waals surface area contributed by atoms with Crippen LogP contribution in [0, 0.1) is 10.1 Å². The molecule has 1 aliphatic rings. The summed E-state index contributed by atoms with van der Waals surface area (Å²) in [5.74, 6) is 0.0191. The molecule has 8 nitrogen and oxygen atoms in total. The van der Waals surface area contributed by atoms with E-state index in [0.29, 0.717) is 31.1 Å². The number of nitrogens with zero attached hydrogens (tertiary/aromatic N) is 5. The zero-order chi connectivity index (χ0) is 19.3. The lowest BCUT2D eigenvalue weighted by Gasteiger charge is -2.35. The minimum atomic E-state index is -0.388. The molecule has 0 bridgehead atoms. The minimum Gasteiger partial charge on any atom is -0.368 e. The van der Waals surface area contributed by atoms with E-state index < -0.39 is 0 Å². The lowest BCUT2D eigenvalue weighted by molar-refractivity contribution is -0.384. The molecule has 0 radical (unpaired) electrons. The number of non-ortho nitro benzene ring substituents is 1. The van der Waals surface area contributed by atoms with Crippen LogP contribution in [0.5, 0.6) is 0 Å². The first-order valence-electron chi connectivity index (χ1n) is 8.74. The van der Waals surface area contributed by atoms with E-state index in [9.17, 15) is 14.9 Å². The van der Waals surface area contributed by atoms with Crippen LogP contribution in [-0.4, -0.2) is 51.3 Å². The van der Waals surface area contributed by atoms with Crippen molar-refractivity contribution in [2.24, 2.45) is 0 Å². The molecular weight excluding hydrogens is 398 g/mol. The van der Waals surface area contributed by atoms with Crippen molar-refractivity contribution in [2.45, 2.75) is 0 Å². The van der Waals surface area contributed by atoms with Gasteiger partial charge in [0.05, 0.1) is 15.3 Å². The summed E-state index contributed by atoms with van der Waals surface area (Å²) in [6.45, 7) is 2.45. The number of aromatic nitrogens is 2. The first-order chi connectivity index (χ1) is 13.6. The SMILES string of the molecule is O=C(c1cc2c(nc3sccn32)s1)N1CCN(c2cccc([N+](=O)[O-])c2)CC1. The van der Waals surface area contributed by atoms with Gasteiger partial charge in [-0.15, -0.1) is 22.7 Å². The van der Waals surface area contributed by atoms with Gasteiger partial charge in [0.2, 0.25) is 0 Å². The Kier molecular flexibility index (Phi) is 4.02. The first-order valence-corrected chi connectivity index (χ1v) is 10.4. The number of imidazole rings is 1. The van der Waals surface area contributed by atoms with E-state index >= 15 is 0 Å². The van der Waals surface area contributed by atoms with Crippen LogP contribution in [0.2, 0.25) is 0 Å². The normalized spacial score (nSPS) is 14.9. The van der Waals surface area contributed by atoms with Gasteiger partial charge in [-0.05, 0) is 12.1 Å². The highest BCUT2D eigenvalue weighted by molar-refractivity contribution is 7.21. The summed E-state index contributed by atoms with van der Waals surface area (Å²) in [5.41, 5.74) is 1.87. The maximum absolute atomic E-state index is 12.9. The van der Waals surface area contributed by atoms with Gasteiger partial charge < -0.3 is 9.80 Å². The summed E-state index contributed by atoms with van der Waals surface area (Å²) < 4.78 is 2.01. The summed E-state index contributed by atoms with van der Waals surface area (Å²) >= 11 is 3.00. The zero-order valence-corrected chi connectivity index (χ0v) is 16.3. The van der Waals surface area contributed by atoms with E-state index in [1.165, 1.54) is 17.4 Å². The topological polar surface area (TPSA) is 84.0 Å². The predicted molar refractivity (Wildman–Crippen MR) is 110 cm³/mol. The Morgan fingerprint density at radius 3 is 2.79 bits per heavy atom. The van der Waals surface area contributed by atoms with E-state index in [2.05, 4.69) is 9.88 Å². The molecule has 0 saturated carbocycles. The monoisotopic (exact) mass is 413 g/mol. The molecule has 1 amide bonds. The molecule has 0 aliphatic carbocycles. The fourth-order valence-corrected chi connectivity index (χ4v) is 5.25. The second-order valence-corrected chi connectivity index (χ2v) is 8.43. The Hall–Kier alpha value is -2.98. The maximum atomic E-state index is 12.9. The van der Waals surface area contributed by atoms with Crippen molar-refractivity contribution in [3.05, 3.63) is 56.9 Å². The number of hydrogen-bond acceptors (Lipinski definition) is 7. The number of piperazine rings is 1. The van der Waals surface area contributed by atoms with E-state index in [1.54, 1.807) is 23.5 Å². The lowest BCUT2D eigenvalue weighted by Crippen LogP contribution is -2.48. The molecule has 1 aromatic carbocycles. The Bertz CT molecular complexity index is 1200. The number of nitro groups is 1. The molecule has 142 valence electrons. The van der Waals surface area contributed by atoms with Gasteiger partial charge in [0, 0.05) is 55.6 Å². The fraction of sp³-hybridized carbons (Fsp3) is 0.222. The van der Waals surface area contributed by atoms with E-state index in [-0.39, 0.29) is 16.5 Å². The molecule has 0 unspecified atom stereocenters. The molecule has 28 heavy (non-hydrogen) atoms. The van der Waals surface area contributed by atoms with Crippen molar-refractivity contribution in [1.82, 2.24) is 14.3 Å². The third-order valence-electron chi connectivity index (χ3n) is 4.92. The zero-order valence-electron chi connectivity index (χ0n) is 14.6. The summed E-state index contributed by atoms with van der Waals surface area (Å²) in [5, 5.41) is 13.0. The van der Waals surface area contributed by atoms with Gasteiger partial charge >= 0.3 is 0 Å². The molecule has 1 fully saturated rings. The average Bonchev–Trinajstić information content (AvgIpc) is 3.40. The van der Waals surface area contributed by atoms with Gasteiger partial charge in [-0.3, -0.25) is 19.3 Å². The van der Waals surface area contributed by atoms with Crippen LogP contribution in [0.4, 0.5) is 11.4 Å². The predicted octanol–water partition coefficient (Wildman–Crippen LogP) is 3.48. The van der Waals surface area contributed by atoms with E-state index in [4.69, 9.17) is 0 Å². The van der Waals surface area contributed by atoms with Crippen molar-refractivity contribution in [3.63, 3.8) is 0 Å². The standard InChI is InChI=1S/C18H15N5O3S2/c24-17(15-11-14-16(28-15)19-18-22(14)8-9-27-18)21-6-4-20(5-7-21)12-2-1-3-13(10-12)23(25)26/h1-3,8-11H,4-7H2. The number of thiophene rings is 1. The molecule has 4 aromatic rings. The molecule has 0 spiro atoms. The Balaban J connectivity index is 1.31. The minimum absolute atomic E-state index is 0.0191. The van der Waals surface area contributed by atoms with Crippen LogP contribution in [-0.2, 0) is 0 Å². The highest BCUT2D eigenvalue weighted by Crippen LogP contribution is 2.29. The molecule has 3 aromatic heterocycles. The van der Waals surface area contributed by atoms with Crippen LogP contribution in [0.1, 0.15) is 9.67 Å². The van der Waals surface area contributed by atoms with Crippen LogP contribution in [0.15, 0.2) is 41.9 Å². The largest absolute Gasteiger partial charge is 0.368 e. The number of benzene rings is 1. The third kappa shape index (κ3) is 2.81. The van der Waals surface area contributed by atoms with Gasteiger partial charge in [-0.25, -0.2) is 4.98 Å². The highest BCUT2D eigenvalue weighted by Gasteiger charge is 2.25. The van der Waals surface area contributed by atoms with E-state index in [1.807, 2.05) is 33.0 Å². The molecule has 0 atom stereocenters. The van der Waals surface area contributed by atoms with Crippen LogP contribution in [0.3, 0.4) is 0 Å². The van der Waals surface area contributed by atoms with Gasteiger partial charge in [0.15, 0.2) is 4.96 Å². The quantitative estimate of drug-likeness (QED) is 0.379. The van der Waals surface area contributed by atoms with Crippen LogP contribution >= 0.6 is 22.7 Å². The molecular formula is C18H15N5O3S2. The molecule has 1 aliphatic heterocycles. The van der Waals surface area contributed by atoms with Crippen molar-refractivity contribution in [1.29, 1.82) is 0 Å². The molecule has 4 heterocycles. The van der Waals surface area contributed by atoms with Crippen molar-refractivity contribution in [2.75, 3.05) is 31.1 Å². The molecule has 0 N–H and O–H groups in total. The molecule has 1 saturated heterocycles. The summed E-state index contributed by atoms with van der Waals surface area (Å²) in [6.07, 6.45) is 1.97. The third-order valence-corrected chi connectivity index (χ3v) is 6.69. The lowest BCUT2D eigenvalue weighted by atomic mass is 10.2. The number of carbonyl (C=O) groups excluding carboxylic acids is 1. The van der Waals surface area contributed by atoms with Crippen molar-refractivity contribution in [3.8, 4) is 0 Å². The van der Waals surface area contributed by atoms with Crippen molar-refractivity contribution < 1.29 is 9.72 Å². The van der Waals surface area contributed by atoms with Gasteiger partial charge in [0.1, 0.15) is 4.83 Å². The molecule has 10 heteroatoms. The number of anilines is 1. The number of amides is 1. The number of thiazole rings is 1. The van der Waals surface area contributed by atoms with Crippen LogP contribution < -0.4 is 4.90 Å². The Labute approximate surface area is 167 Å². The maximum Gasteiger partial charge on any atom is 0.271 e. The number of carbonyl (C=O) groups is 1. The number of fused-ring (bicyclic) bond motifs is 3. The van der Waals surface area contributed by atoms with E-state index in [0.717, 1.165) is 21.0 Å². The number of hydrogen-bond donors (Lipinski definition) is 0. The second-order valence-electron chi connectivity index (χ2n) is 6.52.